The van der Waals surface area contributed by atoms with Gasteiger partial charge in [-0.05, 0) is 18.4 Å². The van der Waals surface area contributed by atoms with Crippen LogP contribution in [0.1, 0.15) is 28.9 Å². The van der Waals surface area contributed by atoms with Crippen LogP contribution >= 0.6 is 11.6 Å². The molecule has 1 aliphatic rings. The first kappa shape index (κ1) is 17.5. The molecule has 1 aromatic carbocycles. The molecule has 3 aromatic rings. The van der Waals surface area contributed by atoms with E-state index in [9.17, 15) is 4.79 Å². The molecular formula is C19H19ClN6O. The average Bonchev–Trinajstić information content (AvgIpc) is 3.35. The fourth-order valence-corrected chi connectivity index (χ4v) is 3.24. The van der Waals surface area contributed by atoms with Gasteiger partial charge in [-0.2, -0.15) is 5.10 Å². The normalized spacial score (nSPS) is 13.7. The van der Waals surface area contributed by atoms with Crippen molar-refractivity contribution in [3.8, 4) is 0 Å². The van der Waals surface area contributed by atoms with Crippen molar-refractivity contribution >= 4 is 29.1 Å². The number of nitrogens with one attached hydrogen (secondary N) is 1. The summed E-state index contributed by atoms with van der Waals surface area (Å²) in [5.41, 5.74) is 1.89. The van der Waals surface area contributed by atoms with E-state index in [-0.39, 0.29) is 16.6 Å². The standard InChI is InChI=1S/C19H19ClN6O/c20-16-11-21-19(25-8-4-5-9-25)24-17(16)18(27)23-15-10-22-26(13-15)12-14-6-2-1-3-7-14/h1-3,6-7,10-11,13H,4-5,8-9,12H2,(H,23,27). The maximum Gasteiger partial charge on any atom is 0.276 e. The molecule has 0 saturated carbocycles. The molecule has 0 radical (unpaired) electrons. The van der Waals surface area contributed by atoms with E-state index in [1.807, 2.05) is 30.3 Å². The summed E-state index contributed by atoms with van der Waals surface area (Å²) >= 11 is 6.15. The highest BCUT2D eigenvalue weighted by Gasteiger charge is 2.20. The second-order valence-corrected chi connectivity index (χ2v) is 6.83. The van der Waals surface area contributed by atoms with Gasteiger partial charge in [0.15, 0.2) is 5.69 Å². The number of carbonyl (C=O) groups is 1. The maximum absolute atomic E-state index is 12.6. The van der Waals surface area contributed by atoms with Gasteiger partial charge in [-0.25, -0.2) is 9.97 Å². The number of hydrogen-bond donors (Lipinski definition) is 1. The van der Waals surface area contributed by atoms with Crippen LogP contribution in [0.3, 0.4) is 0 Å². The molecule has 0 unspecified atom stereocenters. The van der Waals surface area contributed by atoms with Crippen LogP contribution in [-0.2, 0) is 6.54 Å². The molecule has 0 atom stereocenters. The van der Waals surface area contributed by atoms with Crippen molar-refractivity contribution in [3.05, 3.63) is 65.2 Å². The molecule has 27 heavy (non-hydrogen) atoms. The van der Waals surface area contributed by atoms with Gasteiger partial charge in [0.25, 0.3) is 5.91 Å². The molecule has 4 rings (SSSR count). The van der Waals surface area contributed by atoms with Gasteiger partial charge in [-0.1, -0.05) is 41.9 Å². The fraction of sp³-hybridized carbons (Fsp3) is 0.263. The first-order chi connectivity index (χ1) is 13.2. The van der Waals surface area contributed by atoms with Crippen LogP contribution in [0.5, 0.6) is 0 Å². The highest BCUT2D eigenvalue weighted by Crippen LogP contribution is 2.21. The van der Waals surface area contributed by atoms with Crippen LogP contribution in [0.15, 0.2) is 48.9 Å². The van der Waals surface area contributed by atoms with Crippen molar-refractivity contribution in [2.45, 2.75) is 19.4 Å². The second kappa shape index (κ2) is 7.75. The highest BCUT2D eigenvalue weighted by atomic mass is 35.5. The van der Waals surface area contributed by atoms with Gasteiger partial charge >= 0.3 is 0 Å². The minimum atomic E-state index is -0.373. The number of anilines is 2. The number of carbonyl (C=O) groups excluding carboxylic acids is 1. The van der Waals surface area contributed by atoms with Gasteiger partial charge in [0.1, 0.15) is 0 Å². The lowest BCUT2D eigenvalue weighted by Gasteiger charge is -2.15. The summed E-state index contributed by atoms with van der Waals surface area (Å²) < 4.78 is 1.77. The van der Waals surface area contributed by atoms with Gasteiger partial charge in [0.2, 0.25) is 5.95 Å². The third-order valence-corrected chi connectivity index (χ3v) is 4.69. The van der Waals surface area contributed by atoms with E-state index in [1.165, 1.54) is 6.20 Å². The lowest BCUT2D eigenvalue weighted by molar-refractivity contribution is 0.102. The van der Waals surface area contributed by atoms with Gasteiger partial charge in [0, 0.05) is 19.3 Å². The number of rotatable bonds is 5. The molecule has 0 aliphatic carbocycles. The van der Waals surface area contributed by atoms with E-state index in [2.05, 4.69) is 25.3 Å². The zero-order chi connectivity index (χ0) is 18.6. The summed E-state index contributed by atoms with van der Waals surface area (Å²) in [7, 11) is 0. The van der Waals surface area contributed by atoms with Crippen LogP contribution in [0.4, 0.5) is 11.6 Å². The lowest BCUT2D eigenvalue weighted by Crippen LogP contribution is -2.23. The van der Waals surface area contributed by atoms with E-state index in [0.717, 1.165) is 31.5 Å². The Kier molecular flexibility index (Phi) is 5.02. The number of hydrogen-bond acceptors (Lipinski definition) is 5. The minimum absolute atomic E-state index is 0.171. The van der Waals surface area contributed by atoms with Crippen LogP contribution in [0.2, 0.25) is 5.02 Å². The third kappa shape index (κ3) is 4.09. The van der Waals surface area contributed by atoms with E-state index in [0.29, 0.717) is 18.2 Å². The van der Waals surface area contributed by atoms with Crippen LogP contribution < -0.4 is 10.2 Å². The van der Waals surface area contributed by atoms with E-state index < -0.39 is 0 Å². The van der Waals surface area contributed by atoms with Crippen molar-refractivity contribution in [1.82, 2.24) is 19.7 Å². The van der Waals surface area contributed by atoms with Crippen molar-refractivity contribution in [3.63, 3.8) is 0 Å². The number of amides is 1. The monoisotopic (exact) mass is 382 g/mol. The summed E-state index contributed by atoms with van der Waals surface area (Å²) in [6.45, 7) is 2.42. The Morgan fingerprint density at radius 2 is 1.93 bits per heavy atom. The highest BCUT2D eigenvalue weighted by molar-refractivity contribution is 6.34. The molecule has 1 N–H and O–H groups in total. The maximum atomic E-state index is 12.6. The van der Waals surface area contributed by atoms with Crippen LogP contribution in [-0.4, -0.2) is 38.7 Å². The summed E-state index contributed by atoms with van der Waals surface area (Å²) in [6.07, 6.45) is 7.08. The summed E-state index contributed by atoms with van der Waals surface area (Å²) in [4.78, 5) is 23.3. The van der Waals surface area contributed by atoms with Crippen molar-refractivity contribution < 1.29 is 4.79 Å². The molecule has 1 aliphatic heterocycles. The summed E-state index contributed by atoms with van der Waals surface area (Å²) in [6, 6.07) is 9.99. The molecule has 3 heterocycles. The summed E-state index contributed by atoms with van der Waals surface area (Å²) in [5, 5.41) is 7.33. The van der Waals surface area contributed by atoms with Crippen LogP contribution in [0.25, 0.3) is 0 Å². The first-order valence-electron chi connectivity index (χ1n) is 8.84. The predicted octanol–water partition coefficient (Wildman–Crippen LogP) is 3.23. The van der Waals surface area contributed by atoms with Crippen molar-refractivity contribution in [2.75, 3.05) is 23.3 Å². The summed E-state index contributed by atoms with van der Waals surface area (Å²) in [5.74, 6) is 0.170. The average molecular weight is 383 g/mol. The molecule has 7 nitrogen and oxygen atoms in total. The first-order valence-corrected chi connectivity index (χ1v) is 9.22. The van der Waals surface area contributed by atoms with Gasteiger partial charge in [-0.15, -0.1) is 0 Å². The second-order valence-electron chi connectivity index (χ2n) is 6.43. The SMILES string of the molecule is O=C(Nc1cnn(Cc2ccccc2)c1)c1nc(N2CCCC2)ncc1Cl. The minimum Gasteiger partial charge on any atom is -0.341 e. The molecule has 1 fully saturated rings. The number of aromatic nitrogens is 4. The Labute approximate surface area is 162 Å². The van der Waals surface area contributed by atoms with E-state index in [4.69, 9.17) is 11.6 Å². The molecule has 8 heteroatoms. The third-order valence-electron chi connectivity index (χ3n) is 4.41. The van der Waals surface area contributed by atoms with E-state index in [1.54, 1.807) is 17.1 Å². The Bertz CT molecular complexity index is 936. The quantitative estimate of drug-likeness (QED) is 0.733. The van der Waals surface area contributed by atoms with Gasteiger partial charge in [0.05, 0.1) is 29.6 Å². The van der Waals surface area contributed by atoms with E-state index >= 15 is 0 Å². The van der Waals surface area contributed by atoms with Gasteiger partial charge < -0.3 is 10.2 Å². The van der Waals surface area contributed by atoms with Crippen molar-refractivity contribution in [2.24, 2.45) is 0 Å². The molecule has 1 saturated heterocycles. The topological polar surface area (TPSA) is 75.9 Å². The molecular weight excluding hydrogens is 364 g/mol. The molecule has 2 aromatic heterocycles. The van der Waals surface area contributed by atoms with Gasteiger partial charge in [-0.3, -0.25) is 9.48 Å². The number of benzene rings is 1. The molecule has 0 spiro atoms. The Morgan fingerprint density at radius 1 is 1.15 bits per heavy atom. The van der Waals surface area contributed by atoms with Crippen LogP contribution in [0, 0.1) is 0 Å². The zero-order valence-corrected chi connectivity index (χ0v) is 15.4. The number of nitrogens with zero attached hydrogens (tertiary/aromatic N) is 5. The number of halogens is 1. The molecule has 0 bridgehead atoms. The Hall–Kier alpha value is -2.93. The fourth-order valence-electron chi connectivity index (χ4n) is 3.06. The molecule has 1 amide bonds. The molecule has 138 valence electrons. The zero-order valence-electron chi connectivity index (χ0n) is 14.7. The Balaban J connectivity index is 1.47. The Morgan fingerprint density at radius 3 is 2.70 bits per heavy atom. The predicted molar refractivity (Wildman–Crippen MR) is 104 cm³/mol. The van der Waals surface area contributed by atoms with Crippen molar-refractivity contribution in [1.29, 1.82) is 0 Å². The smallest absolute Gasteiger partial charge is 0.276 e. The lowest BCUT2D eigenvalue weighted by atomic mass is 10.2. The largest absolute Gasteiger partial charge is 0.341 e.